The van der Waals surface area contributed by atoms with Gasteiger partial charge >= 0.3 is 0 Å². The largest absolute Gasteiger partial charge is 0.377 e. The Kier molecular flexibility index (Phi) is 19.4. The van der Waals surface area contributed by atoms with E-state index in [0.717, 1.165) is 11.1 Å². The van der Waals surface area contributed by atoms with Crippen LogP contribution in [-0.2, 0) is 55.9 Å². The molecule has 1 aliphatic heterocycles. The first-order valence-electron chi connectivity index (χ1n) is 16.0. The minimum absolute atomic E-state index is 0.0276. The Morgan fingerprint density at radius 1 is 0.783 bits per heavy atom. The fourth-order valence-electron chi connectivity index (χ4n) is 4.69. The van der Waals surface area contributed by atoms with E-state index < -0.39 is 12.1 Å². The highest BCUT2D eigenvalue weighted by Crippen LogP contribution is 2.24. The van der Waals surface area contributed by atoms with Gasteiger partial charge in [0, 0.05) is 39.0 Å². The van der Waals surface area contributed by atoms with Gasteiger partial charge in [0.25, 0.3) is 0 Å². The summed E-state index contributed by atoms with van der Waals surface area (Å²) < 4.78 is 21.2. The lowest BCUT2D eigenvalue weighted by atomic mass is 9.91. The topological polar surface area (TPSA) is 188 Å². The summed E-state index contributed by atoms with van der Waals surface area (Å²) in [6.07, 6.45) is 2.69. The Balaban J connectivity index is 1.41. The third kappa shape index (κ3) is 15.7. The minimum Gasteiger partial charge on any atom is -0.377 e. The van der Waals surface area contributed by atoms with Gasteiger partial charge in [0.05, 0.1) is 51.7 Å². The zero-order valence-electron chi connectivity index (χ0n) is 27.2. The second-order valence-electron chi connectivity index (χ2n) is 10.9. The van der Waals surface area contributed by atoms with Crippen LogP contribution in [0, 0.1) is 0 Å². The van der Waals surface area contributed by atoms with Gasteiger partial charge in [-0.05, 0) is 37.3 Å². The molecule has 14 nitrogen and oxygen atoms in total. The van der Waals surface area contributed by atoms with Crippen LogP contribution in [0.15, 0.2) is 24.3 Å². The zero-order valence-corrected chi connectivity index (χ0v) is 27.2. The Bertz CT molecular complexity index is 1100. The molecule has 0 radical (unpaired) electrons. The fraction of sp³-hybridized carbons (Fsp3) is 0.656. The molecule has 4 amide bonds. The van der Waals surface area contributed by atoms with E-state index in [1.165, 1.54) is 6.92 Å². The molecule has 5 N–H and O–H groups in total. The van der Waals surface area contributed by atoms with E-state index in [1.807, 2.05) is 24.3 Å². The van der Waals surface area contributed by atoms with Crippen LogP contribution in [0.5, 0.6) is 0 Å². The van der Waals surface area contributed by atoms with Crippen LogP contribution in [0.2, 0.25) is 0 Å². The molecule has 14 heteroatoms. The summed E-state index contributed by atoms with van der Waals surface area (Å²) in [5.41, 5.74) is 8.32. The summed E-state index contributed by atoms with van der Waals surface area (Å²) >= 11 is 0. The molecule has 1 heterocycles. The van der Waals surface area contributed by atoms with E-state index in [1.54, 1.807) is 11.8 Å². The summed E-state index contributed by atoms with van der Waals surface area (Å²) in [7, 11) is 0. The molecule has 0 aromatic heterocycles. The predicted octanol–water partition coefficient (Wildman–Crippen LogP) is -0.148. The van der Waals surface area contributed by atoms with Crippen molar-refractivity contribution < 1.29 is 42.9 Å². The van der Waals surface area contributed by atoms with Crippen molar-refractivity contribution in [2.24, 2.45) is 5.73 Å². The van der Waals surface area contributed by atoms with Gasteiger partial charge in [0.15, 0.2) is 5.78 Å². The summed E-state index contributed by atoms with van der Waals surface area (Å²) in [6.45, 7) is 6.42. The number of benzene rings is 1. The molecule has 46 heavy (non-hydrogen) atoms. The van der Waals surface area contributed by atoms with Crippen LogP contribution in [-0.4, -0.2) is 119 Å². The molecular weight excluding hydrogens is 598 g/mol. The summed E-state index contributed by atoms with van der Waals surface area (Å²) in [6, 6.07) is 6.61. The third-order valence-electron chi connectivity index (χ3n) is 7.25. The second kappa shape index (κ2) is 23.0. The highest BCUT2D eigenvalue weighted by atomic mass is 16.5. The molecule has 0 bridgehead atoms. The van der Waals surface area contributed by atoms with Crippen LogP contribution in [0.4, 0.5) is 0 Å². The second-order valence-corrected chi connectivity index (χ2v) is 10.9. The van der Waals surface area contributed by atoms with Gasteiger partial charge < -0.3 is 45.5 Å². The number of nitrogens with two attached hydrogens (primary N) is 1. The molecule has 0 spiro atoms. The maximum Gasteiger partial charge on any atom is 0.246 e. The molecule has 0 aliphatic carbocycles. The Labute approximate surface area is 271 Å². The molecule has 2 atom stereocenters. The molecule has 258 valence electrons. The fourth-order valence-corrected chi connectivity index (χ4v) is 4.69. The monoisotopic (exact) mass is 649 g/mol. The quantitative estimate of drug-likeness (QED) is 0.110. The molecule has 2 rings (SSSR count). The number of ether oxygens (including phenoxy) is 4. The highest BCUT2D eigenvalue weighted by molar-refractivity contribution is 5.90. The van der Waals surface area contributed by atoms with Crippen molar-refractivity contribution in [1.82, 2.24) is 20.9 Å². The number of unbranched alkanes of at least 4 members (excludes halogenated alkanes) is 1. The van der Waals surface area contributed by atoms with Gasteiger partial charge in [0.2, 0.25) is 23.6 Å². The number of nitrogens with one attached hydrogen (secondary N) is 3. The number of hydrogen-bond donors (Lipinski definition) is 4. The number of Topliss-reactive ketones (excluding diaryl/α,β-unsaturated/α-hetero) is 1. The molecule has 0 saturated carbocycles. The summed E-state index contributed by atoms with van der Waals surface area (Å²) in [4.78, 5) is 61.7. The van der Waals surface area contributed by atoms with Crippen molar-refractivity contribution >= 4 is 29.4 Å². The van der Waals surface area contributed by atoms with Crippen LogP contribution in [0.25, 0.3) is 0 Å². The summed E-state index contributed by atoms with van der Waals surface area (Å²) in [5, 5.41) is 8.14. The van der Waals surface area contributed by atoms with Crippen LogP contribution in [0.1, 0.15) is 50.7 Å². The average Bonchev–Trinajstić information content (AvgIpc) is 3.05. The normalized spacial score (nSPS) is 14.7. The van der Waals surface area contributed by atoms with Crippen LogP contribution >= 0.6 is 0 Å². The number of hydrogen-bond acceptors (Lipinski definition) is 10. The smallest absolute Gasteiger partial charge is 0.246 e. The van der Waals surface area contributed by atoms with Gasteiger partial charge in [-0.25, -0.2) is 0 Å². The molecule has 1 aliphatic rings. The number of ketones is 1. The first-order valence-corrected chi connectivity index (χ1v) is 16.0. The van der Waals surface area contributed by atoms with Crippen molar-refractivity contribution in [3.63, 3.8) is 0 Å². The number of fused-ring (bicyclic) bond motifs is 1. The van der Waals surface area contributed by atoms with E-state index in [4.69, 9.17) is 24.7 Å². The lowest BCUT2D eigenvalue weighted by Gasteiger charge is -2.37. The lowest BCUT2D eigenvalue weighted by molar-refractivity contribution is -0.141. The number of amides is 4. The first kappa shape index (κ1) is 38.8. The van der Waals surface area contributed by atoms with E-state index in [-0.39, 0.29) is 62.4 Å². The molecule has 0 fully saturated rings. The maximum absolute atomic E-state index is 13.1. The van der Waals surface area contributed by atoms with Gasteiger partial charge in [0.1, 0.15) is 13.2 Å². The SMILES string of the molecule is CCC(=O)NCCOCCOCC(=O)NCCOCCOCC(=O)NCCCC[C@@H](N)C(=O)N1Cc2ccccc2C[C@@H]1C(C)=O. The Morgan fingerprint density at radius 3 is 1.91 bits per heavy atom. The van der Waals surface area contributed by atoms with Gasteiger partial charge in [-0.1, -0.05) is 31.2 Å². The third-order valence-corrected chi connectivity index (χ3v) is 7.25. The molecule has 0 unspecified atom stereocenters. The Morgan fingerprint density at radius 2 is 1.33 bits per heavy atom. The zero-order chi connectivity index (χ0) is 33.6. The summed E-state index contributed by atoms with van der Waals surface area (Å²) in [5.74, 6) is -0.827. The van der Waals surface area contributed by atoms with Crippen LogP contribution in [0.3, 0.4) is 0 Å². The van der Waals surface area contributed by atoms with Gasteiger partial charge in [-0.3, -0.25) is 24.0 Å². The first-order chi connectivity index (χ1) is 22.2. The van der Waals surface area contributed by atoms with Crippen molar-refractivity contribution in [3.8, 4) is 0 Å². The lowest BCUT2D eigenvalue weighted by Crippen LogP contribution is -2.53. The molecule has 1 aromatic rings. The van der Waals surface area contributed by atoms with Crippen molar-refractivity contribution in [2.75, 3.05) is 72.5 Å². The van der Waals surface area contributed by atoms with E-state index in [9.17, 15) is 24.0 Å². The van der Waals surface area contributed by atoms with Crippen molar-refractivity contribution in [1.29, 1.82) is 0 Å². The predicted molar refractivity (Wildman–Crippen MR) is 170 cm³/mol. The number of carbonyl (C=O) groups excluding carboxylic acids is 5. The standard InChI is InChI=1S/C32H51N5O9/c1-3-29(39)35-12-14-43-16-19-46-23-31(41)36-13-15-44-17-18-45-22-30(40)34-11-7-6-10-27(33)32(42)37-21-26-9-5-4-8-25(26)20-28(37)24(2)38/h4-5,8-9,27-28H,3,6-7,10-23,33H2,1-2H3,(H,34,40)(H,35,39)(H,36,41)/t27-,28-/m1/s1. The maximum atomic E-state index is 13.1. The molecule has 0 saturated heterocycles. The number of nitrogens with zero attached hydrogens (tertiary/aromatic N) is 1. The minimum atomic E-state index is -0.712. The van der Waals surface area contributed by atoms with Crippen molar-refractivity contribution in [3.05, 3.63) is 35.4 Å². The van der Waals surface area contributed by atoms with Crippen LogP contribution < -0.4 is 21.7 Å². The van der Waals surface area contributed by atoms with E-state index in [0.29, 0.717) is 78.1 Å². The number of carbonyl (C=O) groups is 5. The van der Waals surface area contributed by atoms with E-state index >= 15 is 0 Å². The molecular formula is C32H51N5O9. The highest BCUT2D eigenvalue weighted by Gasteiger charge is 2.34. The van der Waals surface area contributed by atoms with Gasteiger partial charge in [-0.15, -0.1) is 0 Å². The van der Waals surface area contributed by atoms with E-state index in [2.05, 4.69) is 16.0 Å². The Hall–Kier alpha value is -3.43. The molecule has 1 aromatic carbocycles. The van der Waals surface area contributed by atoms with Gasteiger partial charge in [-0.2, -0.15) is 0 Å². The van der Waals surface area contributed by atoms with Crippen molar-refractivity contribution in [2.45, 2.75) is 64.6 Å². The average molecular weight is 650 g/mol. The number of rotatable bonds is 24.